The Morgan fingerprint density at radius 2 is 2.12 bits per heavy atom. The Morgan fingerprint density at radius 1 is 1.42 bits per heavy atom. The molecule has 0 bridgehead atoms. The molecule has 0 spiro atoms. The van der Waals surface area contributed by atoms with Crippen molar-refractivity contribution >= 4 is 37.3 Å². The van der Waals surface area contributed by atoms with Crippen LogP contribution >= 0.6 is 22.3 Å². The maximum atomic E-state index is 12.1. The zero-order valence-electron chi connectivity index (χ0n) is 12.7. The van der Waals surface area contributed by atoms with Crippen molar-refractivity contribution in [1.29, 1.82) is 0 Å². The first-order chi connectivity index (χ1) is 11.3. The Morgan fingerprint density at radius 3 is 2.71 bits per heavy atom. The van der Waals surface area contributed by atoms with Gasteiger partial charge >= 0.3 is 5.97 Å². The molecule has 1 aromatic carbocycles. The van der Waals surface area contributed by atoms with Crippen LogP contribution in [0.3, 0.4) is 0 Å². The molecule has 0 unspecified atom stereocenters. The number of esters is 1. The van der Waals surface area contributed by atoms with Gasteiger partial charge < -0.3 is 4.74 Å². The minimum atomic E-state index is -3.90. The van der Waals surface area contributed by atoms with E-state index >= 15 is 0 Å². The molecule has 6 nitrogen and oxygen atoms in total. The van der Waals surface area contributed by atoms with Gasteiger partial charge in [0.1, 0.15) is 5.56 Å². The topological polar surface area (TPSA) is 78.3 Å². The summed E-state index contributed by atoms with van der Waals surface area (Å²) in [5, 5.41) is 4.53. The summed E-state index contributed by atoms with van der Waals surface area (Å²) in [4.78, 5) is 12.0. The van der Waals surface area contributed by atoms with Gasteiger partial charge in [0.05, 0.1) is 34.1 Å². The Balaban J connectivity index is 2.15. The maximum Gasteiger partial charge on any atom is 0.341 e. The second-order valence-electron chi connectivity index (χ2n) is 5.40. The lowest BCUT2D eigenvalue weighted by Gasteiger charge is -2.11. The molecule has 1 aromatic heterocycles. The number of carbonyl (C=O) groups excluding carboxylic acids is 1. The van der Waals surface area contributed by atoms with Crippen LogP contribution in [-0.4, -0.2) is 30.8 Å². The second-order valence-corrected chi connectivity index (χ2v) is 8.37. The Labute approximate surface area is 148 Å². The number of halogens is 2. The second kappa shape index (κ2) is 6.38. The van der Waals surface area contributed by atoms with Gasteiger partial charge in [-0.3, -0.25) is 0 Å². The van der Waals surface area contributed by atoms with E-state index in [1.807, 2.05) is 0 Å². The van der Waals surface area contributed by atoms with E-state index < -0.39 is 15.0 Å². The van der Waals surface area contributed by atoms with Crippen LogP contribution in [-0.2, 0) is 13.8 Å². The summed E-state index contributed by atoms with van der Waals surface area (Å²) in [6.45, 7) is 1.99. The highest BCUT2D eigenvalue weighted by Gasteiger charge is 2.34. The van der Waals surface area contributed by atoms with Crippen LogP contribution < -0.4 is 0 Å². The summed E-state index contributed by atoms with van der Waals surface area (Å²) in [5.74, 6) is -0.290. The van der Waals surface area contributed by atoms with Crippen LogP contribution in [0.25, 0.3) is 5.69 Å². The third-order valence-corrected chi connectivity index (χ3v) is 5.36. The third-order valence-electron chi connectivity index (χ3n) is 3.69. The normalized spacial score (nSPS) is 14.6. The van der Waals surface area contributed by atoms with Crippen LogP contribution in [0.5, 0.6) is 0 Å². The number of ether oxygens (including phenoxy) is 1. The molecule has 1 aliphatic rings. The van der Waals surface area contributed by atoms with Gasteiger partial charge in [0, 0.05) is 16.6 Å². The fourth-order valence-electron chi connectivity index (χ4n) is 2.47. The summed E-state index contributed by atoms with van der Waals surface area (Å²) < 4.78 is 29.7. The van der Waals surface area contributed by atoms with E-state index in [1.54, 1.807) is 6.92 Å². The molecule has 1 heterocycles. The van der Waals surface area contributed by atoms with E-state index in [2.05, 4.69) is 5.10 Å². The predicted octanol–water partition coefficient (Wildman–Crippen LogP) is 3.51. The van der Waals surface area contributed by atoms with Gasteiger partial charge in [0.15, 0.2) is 0 Å². The molecule has 3 rings (SSSR count). The summed E-state index contributed by atoms with van der Waals surface area (Å²) in [7, 11) is 1.50. The molecule has 1 aliphatic carbocycles. The molecule has 1 fully saturated rings. The van der Waals surface area contributed by atoms with Crippen molar-refractivity contribution in [2.75, 3.05) is 6.61 Å². The van der Waals surface area contributed by atoms with Gasteiger partial charge in [-0.25, -0.2) is 17.9 Å². The fraction of sp³-hybridized carbons (Fsp3) is 0.333. The minimum Gasteiger partial charge on any atom is -0.462 e. The molecule has 2 aromatic rings. The first kappa shape index (κ1) is 17.3. The van der Waals surface area contributed by atoms with Crippen LogP contribution in [0.15, 0.2) is 29.3 Å². The minimum absolute atomic E-state index is 0.0847. The van der Waals surface area contributed by atoms with Crippen LogP contribution in [0, 0.1) is 0 Å². The first-order valence-electron chi connectivity index (χ1n) is 7.32. The van der Waals surface area contributed by atoms with Gasteiger partial charge in [0.25, 0.3) is 9.05 Å². The molecule has 1 saturated carbocycles. The zero-order valence-corrected chi connectivity index (χ0v) is 15.0. The van der Waals surface area contributed by atoms with E-state index in [9.17, 15) is 13.2 Å². The largest absolute Gasteiger partial charge is 0.462 e. The average Bonchev–Trinajstić information content (AvgIpc) is 3.25. The Hall–Kier alpha value is -1.57. The Kier molecular flexibility index (Phi) is 4.59. The number of rotatable bonds is 5. The van der Waals surface area contributed by atoms with Gasteiger partial charge in [-0.2, -0.15) is 5.10 Å². The molecule has 0 aliphatic heterocycles. The lowest BCUT2D eigenvalue weighted by molar-refractivity contribution is 0.0525. The van der Waals surface area contributed by atoms with Gasteiger partial charge in [0.2, 0.25) is 0 Å². The predicted molar refractivity (Wildman–Crippen MR) is 89.5 cm³/mol. The fourth-order valence-corrected chi connectivity index (χ4v) is 3.44. The smallest absolute Gasteiger partial charge is 0.341 e. The number of carbonyl (C=O) groups is 1. The SMILES string of the molecule is CCOC(=O)c1cnn(-c2cc(S(=O)(=O)Cl)ccc2Cl)c1C1CC1. The molecule has 9 heteroatoms. The molecule has 0 amide bonds. The number of benzene rings is 1. The number of hydrogen-bond donors (Lipinski definition) is 0. The van der Waals surface area contributed by atoms with E-state index in [1.165, 1.54) is 29.1 Å². The maximum absolute atomic E-state index is 12.1. The van der Waals surface area contributed by atoms with Crippen molar-refractivity contribution in [3.05, 3.63) is 40.7 Å². The number of aromatic nitrogens is 2. The molecular formula is C15H14Cl2N2O4S. The van der Waals surface area contributed by atoms with Crippen molar-refractivity contribution < 1.29 is 17.9 Å². The molecule has 0 atom stereocenters. The van der Waals surface area contributed by atoms with Crippen molar-refractivity contribution in [2.24, 2.45) is 0 Å². The van der Waals surface area contributed by atoms with Gasteiger partial charge in [-0.1, -0.05) is 11.6 Å². The average molecular weight is 389 g/mol. The molecule has 128 valence electrons. The highest BCUT2D eigenvalue weighted by Crippen LogP contribution is 2.43. The molecule has 0 saturated heterocycles. The molecular weight excluding hydrogens is 375 g/mol. The van der Waals surface area contributed by atoms with E-state index in [4.69, 9.17) is 27.0 Å². The van der Waals surface area contributed by atoms with Crippen molar-refractivity contribution in [2.45, 2.75) is 30.6 Å². The van der Waals surface area contributed by atoms with Crippen LogP contribution in [0.1, 0.15) is 41.7 Å². The van der Waals surface area contributed by atoms with E-state index in [0.29, 0.717) is 22.0 Å². The summed E-state index contributed by atoms with van der Waals surface area (Å²) in [6.07, 6.45) is 3.26. The number of hydrogen-bond acceptors (Lipinski definition) is 5. The van der Waals surface area contributed by atoms with Crippen LogP contribution in [0.4, 0.5) is 0 Å². The standard InChI is InChI=1S/C15H14Cl2N2O4S/c1-2-23-15(20)11-8-18-19(14(11)9-3-4-9)13-7-10(24(17,21)22)5-6-12(13)16/h5-9H,2-4H2,1H3. The quantitative estimate of drug-likeness (QED) is 0.578. The third kappa shape index (κ3) is 3.29. The zero-order chi connectivity index (χ0) is 17.5. The summed E-state index contributed by atoms with van der Waals surface area (Å²) >= 11 is 6.21. The van der Waals surface area contributed by atoms with Gasteiger partial charge in [-0.05, 0) is 38.0 Å². The lowest BCUT2D eigenvalue weighted by Crippen LogP contribution is -2.09. The monoisotopic (exact) mass is 388 g/mol. The molecule has 0 N–H and O–H groups in total. The first-order valence-corrected chi connectivity index (χ1v) is 10.0. The van der Waals surface area contributed by atoms with Crippen molar-refractivity contribution in [3.8, 4) is 5.69 Å². The lowest BCUT2D eigenvalue weighted by atomic mass is 10.1. The summed E-state index contributed by atoms with van der Waals surface area (Å²) in [5.41, 5.74) is 1.41. The Bertz CT molecular complexity index is 904. The van der Waals surface area contributed by atoms with Crippen molar-refractivity contribution in [3.63, 3.8) is 0 Å². The van der Waals surface area contributed by atoms with E-state index in [0.717, 1.165) is 12.8 Å². The molecule has 24 heavy (non-hydrogen) atoms. The highest BCUT2D eigenvalue weighted by molar-refractivity contribution is 8.13. The van der Waals surface area contributed by atoms with Crippen molar-refractivity contribution in [1.82, 2.24) is 9.78 Å². The highest BCUT2D eigenvalue weighted by atomic mass is 35.7. The van der Waals surface area contributed by atoms with Crippen LogP contribution in [0.2, 0.25) is 5.02 Å². The van der Waals surface area contributed by atoms with Gasteiger partial charge in [-0.15, -0.1) is 0 Å². The van der Waals surface area contributed by atoms with E-state index in [-0.39, 0.29) is 17.4 Å². The molecule has 0 radical (unpaired) electrons. The summed E-state index contributed by atoms with van der Waals surface area (Å²) in [6, 6.07) is 4.10. The number of nitrogens with zero attached hydrogens (tertiary/aromatic N) is 2.